The Bertz CT molecular complexity index is 715. The number of amides is 1. The van der Waals surface area contributed by atoms with Crippen LogP contribution in [-0.2, 0) is 11.3 Å². The van der Waals surface area contributed by atoms with Crippen molar-refractivity contribution in [1.82, 2.24) is 10.3 Å². The molecule has 21 heavy (non-hydrogen) atoms. The van der Waals surface area contributed by atoms with Crippen molar-refractivity contribution in [2.45, 2.75) is 6.54 Å². The van der Waals surface area contributed by atoms with E-state index in [0.29, 0.717) is 15.7 Å². The van der Waals surface area contributed by atoms with Crippen molar-refractivity contribution in [3.8, 4) is 6.07 Å². The lowest BCUT2D eigenvalue weighted by atomic mass is 10.2. The summed E-state index contributed by atoms with van der Waals surface area (Å²) < 4.78 is 0. The van der Waals surface area contributed by atoms with Gasteiger partial charge in [0.2, 0.25) is 0 Å². The van der Waals surface area contributed by atoms with E-state index < -0.39 is 5.91 Å². The van der Waals surface area contributed by atoms with E-state index in [9.17, 15) is 4.79 Å². The maximum atomic E-state index is 12.0. The number of nitrogens with zero attached hydrogens (tertiary/aromatic N) is 1. The first-order valence-electron chi connectivity index (χ1n) is 6.07. The van der Waals surface area contributed by atoms with Crippen LogP contribution in [0.3, 0.4) is 0 Å². The number of H-pyrrole nitrogens is 1. The molecule has 0 aliphatic carbocycles. The molecule has 0 saturated carbocycles. The zero-order valence-corrected chi connectivity index (χ0v) is 12.4. The predicted molar refractivity (Wildman–Crippen MR) is 82.7 cm³/mol. The second kappa shape index (κ2) is 6.98. The molecule has 1 aromatic heterocycles. The van der Waals surface area contributed by atoms with E-state index in [2.05, 4.69) is 10.3 Å². The standard InChI is InChI=1S/C15H11Cl2N3O/c16-13-4-3-10(6-14(13)17)9-20-15(21)11(8-18)7-12-2-1-5-19-12/h1-7,19H,9H2,(H,20,21)/b11-7+. The SMILES string of the molecule is N#C/C(=C\c1ccc[nH]1)C(=O)NCc1ccc(Cl)c(Cl)c1. The first kappa shape index (κ1) is 15.2. The predicted octanol–water partition coefficient (Wildman–Crippen LogP) is 3.54. The summed E-state index contributed by atoms with van der Waals surface area (Å²) >= 11 is 11.7. The Morgan fingerprint density at radius 3 is 2.76 bits per heavy atom. The minimum absolute atomic E-state index is 0.0255. The second-order valence-corrected chi connectivity index (χ2v) is 5.04. The van der Waals surface area contributed by atoms with Gasteiger partial charge in [0.15, 0.2) is 0 Å². The molecule has 0 aliphatic rings. The summed E-state index contributed by atoms with van der Waals surface area (Å²) in [6, 6.07) is 10.5. The van der Waals surface area contributed by atoms with Gasteiger partial charge in [-0.05, 0) is 35.9 Å². The van der Waals surface area contributed by atoms with Gasteiger partial charge in [-0.25, -0.2) is 0 Å². The monoisotopic (exact) mass is 319 g/mol. The molecule has 0 unspecified atom stereocenters. The lowest BCUT2D eigenvalue weighted by molar-refractivity contribution is -0.117. The summed E-state index contributed by atoms with van der Waals surface area (Å²) in [6.07, 6.45) is 3.21. The van der Waals surface area contributed by atoms with Crippen LogP contribution >= 0.6 is 23.2 Å². The van der Waals surface area contributed by atoms with E-state index in [1.165, 1.54) is 6.08 Å². The van der Waals surface area contributed by atoms with E-state index in [0.717, 1.165) is 5.56 Å². The normalized spacial score (nSPS) is 11.0. The maximum absolute atomic E-state index is 12.0. The number of benzene rings is 1. The molecule has 1 aromatic carbocycles. The number of aromatic amines is 1. The third kappa shape index (κ3) is 4.12. The van der Waals surface area contributed by atoms with Crippen molar-refractivity contribution in [3.63, 3.8) is 0 Å². The Morgan fingerprint density at radius 2 is 2.14 bits per heavy atom. The highest BCUT2D eigenvalue weighted by molar-refractivity contribution is 6.42. The fourth-order valence-electron chi connectivity index (χ4n) is 1.67. The smallest absolute Gasteiger partial charge is 0.262 e. The Kier molecular flexibility index (Phi) is 5.04. The number of halogens is 2. The average molecular weight is 320 g/mol. The molecule has 1 amide bonds. The topological polar surface area (TPSA) is 68.7 Å². The number of rotatable bonds is 4. The zero-order valence-electron chi connectivity index (χ0n) is 10.9. The van der Waals surface area contributed by atoms with Gasteiger partial charge in [-0.15, -0.1) is 0 Å². The van der Waals surface area contributed by atoms with Gasteiger partial charge < -0.3 is 10.3 Å². The van der Waals surface area contributed by atoms with Crippen molar-refractivity contribution < 1.29 is 4.79 Å². The van der Waals surface area contributed by atoms with Crippen LogP contribution in [-0.4, -0.2) is 10.9 Å². The third-order valence-electron chi connectivity index (χ3n) is 2.72. The van der Waals surface area contributed by atoms with Crippen LogP contribution in [0.4, 0.5) is 0 Å². The van der Waals surface area contributed by atoms with Crippen molar-refractivity contribution in [1.29, 1.82) is 5.26 Å². The summed E-state index contributed by atoms with van der Waals surface area (Å²) in [5, 5.41) is 12.6. The maximum Gasteiger partial charge on any atom is 0.262 e. The molecule has 0 radical (unpaired) electrons. The Labute approximate surface area is 132 Å². The van der Waals surface area contributed by atoms with Crippen molar-refractivity contribution in [2.75, 3.05) is 0 Å². The molecule has 106 valence electrons. The van der Waals surface area contributed by atoms with Crippen molar-refractivity contribution in [2.24, 2.45) is 0 Å². The molecule has 4 nitrogen and oxygen atoms in total. The third-order valence-corrected chi connectivity index (χ3v) is 3.46. The lowest BCUT2D eigenvalue weighted by Gasteiger charge is -2.05. The summed E-state index contributed by atoms with van der Waals surface area (Å²) in [4.78, 5) is 14.9. The van der Waals surface area contributed by atoms with Crippen LogP contribution in [0.25, 0.3) is 6.08 Å². The minimum atomic E-state index is -0.446. The molecule has 2 aromatic rings. The zero-order chi connectivity index (χ0) is 15.2. The van der Waals surface area contributed by atoms with E-state index in [1.807, 2.05) is 6.07 Å². The van der Waals surface area contributed by atoms with Gasteiger partial charge in [0.25, 0.3) is 5.91 Å². The molecular weight excluding hydrogens is 309 g/mol. The van der Waals surface area contributed by atoms with Gasteiger partial charge in [0.05, 0.1) is 10.0 Å². The van der Waals surface area contributed by atoms with Crippen molar-refractivity contribution >= 4 is 35.2 Å². The summed E-state index contributed by atoms with van der Waals surface area (Å²) in [7, 11) is 0. The molecule has 0 saturated heterocycles. The molecule has 0 bridgehead atoms. The highest BCUT2D eigenvalue weighted by Gasteiger charge is 2.09. The fourth-order valence-corrected chi connectivity index (χ4v) is 1.99. The molecule has 0 spiro atoms. The van der Waals surface area contributed by atoms with Gasteiger partial charge in [-0.3, -0.25) is 4.79 Å². The lowest BCUT2D eigenvalue weighted by Crippen LogP contribution is -2.23. The second-order valence-electron chi connectivity index (χ2n) is 4.23. The van der Waals surface area contributed by atoms with Crippen molar-refractivity contribution in [3.05, 3.63) is 63.4 Å². The molecule has 0 aliphatic heterocycles. The van der Waals surface area contributed by atoms with E-state index in [1.54, 1.807) is 36.5 Å². The van der Waals surface area contributed by atoms with E-state index in [4.69, 9.17) is 28.5 Å². The number of carbonyl (C=O) groups excluding carboxylic acids is 1. The van der Waals surface area contributed by atoms with Crippen LogP contribution in [0.1, 0.15) is 11.3 Å². The largest absolute Gasteiger partial charge is 0.362 e. The number of nitriles is 1. The van der Waals surface area contributed by atoms with Crippen LogP contribution in [0.5, 0.6) is 0 Å². The van der Waals surface area contributed by atoms with Crippen LogP contribution < -0.4 is 5.32 Å². The first-order chi connectivity index (χ1) is 10.1. The number of hydrogen-bond acceptors (Lipinski definition) is 2. The summed E-state index contributed by atoms with van der Waals surface area (Å²) in [6.45, 7) is 0.263. The summed E-state index contributed by atoms with van der Waals surface area (Å²) in [5.41, 5.74) is 1.52. The average Bonchev–Trinajstić information content (AvgIpc) is 2.98. The highest BCUT2D eigenvalue weighted by atomic mass is 35.5. The quantitative estimate of drug-likeness (QED) is 0.668. The summed E-state index contributed by atoms with van der Waals surface area (Å²) in [5.74, 6) is -0.446. The first-order valence-corrected chi connectivity index (χ1v) is 6.83. The van der Waals surface area contributed by atoms with Gasteiger partial charge in [0, 0.05) is 18.4 Å². The van der Waals surface area contributed by atoms with Gasteiger partial charge >= 0.3 is 0 Å². The van der Waals surface area contributed by atoms with Crippen LogP contribution in [0.15, 0.2) is 42.1 Å². The minimum Gasteiger partial charge on any atom is -0.362 e. The Morgan fingerprint density at radius 1 is 1.33 bits per heavy atom. The van der Waals surface area contributed by atoms with Crippen LogP contribution in [0, 0.1) is 11.3 Å². The highest BCUT2D eigenvalue weighted by Crippen LogP contribution is 2.22. The molecule has 2 rings (SSSR count). The van der Waals surface area contributed by atoms with E-state index >= 15 is 0 Å². The number of aromatic nitrogens is 1. The van der Waals surface area contributed by atoms with Gasteiger partial charge in [0.1, 0.15) is 11.6 Å². The van der Waals surface area contributed by atoms with Gasteiger partial charge in [-0.1, -0.05) is 29.3 Å². The molecular formula is C15H11Cl2N3O. The Balaban J connectivity index is 2.03. The molecule has 1 heterocycles. The molecule has 0 atom stereocenters. The number of nitrogens with one attached hydrogen (secondary N) is 2. The number of hydrogen-bond donors (Lipinski definition) is 2. The molecule has 0 fully saturated rings. The molecule has 2 N–H and O–H groups in total. The van der Waals surface area contributed by atoms with Crippen LogP contribution in [0.2, 0.25) is 10.0 Å². The number of carbonyl (C=O) groups is 1. The van der Waals surface area contributed by atoms with Gasteiger partial charge in [-0.2, -0.15) is 5.26 Å². The van der Waals surface area contributed by atoms with E-state index in [-0.39, 0.29) is 12.1 Å². The fraction of sp³-hybridized carbons (Fsp3) is 0.0667. The Hall–Kier alpha value is -2.22. The molecule has 6 heteroatoms.